The monoisotopic (exact) mass is 301 g/mol. The molecule has 1 aliphatic rings. The van der Waals surface area contributed by atoms with Crippen LogP contribution in [0.1, 0.15) is 13.8 Å². The number of rotatable bonds is 2. The highest BCUT2D eigenvalue weighted by Gasteiger charge is 2.38. The lowest BCUT2D eigenvalue weighted by Gasteiger charge is -2.44. The van der Waals surface area contributed by atoms with Crippen molar-refractivity contribution in [1.82, 2.24) is 9.21 Å². The lowest BCUT2D eigenvalue weighted by molar-refractivity contribution is 0.0800. The summed E-state index contributed by atoms with van der Waals surface area (Å²) in [7, 11) is -1.91. The van der Waals surface area contributed by atoms with Crippen LogP contribution in [0.2, 0.25) is 0 Å². The van der Waals surface area contributed by atoms with Crippen LogP contribution >= 0.6 is 0 Å². The molecule has 7 heteroatoms. The zero-order valence-corrected chi connectivity index (χ0v) is 12.7. The van der Waals surface area contributed by atoms with E-state index in [0.717, 1.165) is 6.07 Å². The molecule has 1 aromatic rings. The molecule has 0 saturated carbocycles. The molecule has 112 valence electrons. The van der Waals surface area contributed by atoms with Gasteiger partial charge in [-0.3, -0.25) is 4.90 Å². The van der Waals surface area contributed by atoms with E-state index in [1.54, 1.807) is 0 Å². The van der Waals surface area contributed by atoms with Crippen LogP contribution in [0.15, 0.2) is 23.1 Å². The smallest absolute Gasteiger partial charge is 0.246 e. The molecule has 0 atom stereocenters. The lowest BCUT2D eigenvalue weighted by Crippen LogP contribution is -2.58. The average Bonchev–Trinajstić information content (AvgIpc) is 2.35. The fourth-order valence-electron chi connectivity index (χ4n) is 2.26. The Kier molecular flexibility index (Phi) is 3.79. The van der Waals surface area contributed by atoms with Crippen LogP contribution in [0.4, 0.5) is 10.1 Å². The molecule has 5 nitrogen and oxygen atoms in total. The van der Waals surface area contributed by atoms with Crippen molar-refractivity contribution >= 4 is 15.7 Å². The van der Waals surface area contributed by atoms with Crippen molar-refractivity contribution in [2.75, 3.05) is 32.4 Å². The van der Waals surface area contributed by atoms with Gasteiger partial charge < -0.3 is 5.73 Å². The largest absolute Gasteiger partial charge is 0.399 e. The lowest BCUT2D eigenvalue weighted by atomic mass is 10.0. The van der Waals surface area contributed by atoms with Gasteiger partial charge in [0, 0.05) is 30.9 Å². The molecule has 1 aliphatic heterocycles. The molecule has 0 bridgehead atoms. The number of hydrogen-bond acceptors (Lipinski definition) is 4. The molecule has 0 spiro atoms. The van der Waals surface area contributed by atoms with Gasteiger partial charge in [0.2, 0.25) is 10.0 Å². The van der Waals surface area contributed by atoms with Gasteiger partial charge in [0.05, 0.1) is 0 Å². The highest BCUT2D eigenvalue weighted by atomic mass is 32.2. The van der Waals surface area contributed by atoms with E-state index < -0.39 is 15.8 Å². The quantitative estimate of drug-likeness (QED) is 0.831. The van der Waals surface area contributed by atoms with E-state index >= 15 is 0 Å². The summed E-state index contributed by atoms with van der Waals surface area (Å²) in [6.07, 6.45) is 0. The van der Waals surface area contributed by atoms with Gasteiger partial charge in [-0.2, -0.15) is 4.31 Å². The van der Waals surface area contributed by atoms with Crippen LogP contribution in [0.5, 0.6) is 0 Å². The molecule has 0 aromatic heterocycles. The predicted octanol–water partition coefficient (Wildman–Crippen LogP) is 1.12. The molecule has 1 fully saturated rings. The van der Waals surface area contributed by atoms with E-state index in [-0.39, 0.29) is 16.1 Å². The minimum absolute atomic E-state index is 0.235. The van der Waals surface area contributed by atoms with E-state index in [1.165, 1.54) is 16.4 Å². The standard InChI is InChI=1S/C13H20FN3O2S/c1-13(2)9-17(7-6-16(13)3)20(18,19)12-8-10(15)4-5-11(12)14/h4-5,8H,6-7,9,15H2,1-3H3. The molecule has 2 rings (SSSR count). The van der Waals surface area contributed by atoms with Gasteiger partial charge in [0.15, 0.2) is 0 Å². The summed E-state index contributed by atoms with van der Waals surface area (Å²) in [5, 5.41) is 0. The van der Waals surface area contributed by atoms with Gasteiger partial charge >= 0.3 is 0 Å². The fraction of sp³-hybridized carbons (Fsp3) is 0.538. The molecule has 0 radical (unpaired) electrons. The fourth-order valence-corrected chi connectivity index (χ4v) is 3.94. The Morgan fingerprint density at radius 1 is 1.30 bits per heavy atom. The zero-order valence-electron chi connectivity index (χ0n) is 11.9. The first-order valence-corrected chi connectivity index (χ1v) is 7.85. The third-order valence-corrected chi connectivity index (χ3v) is 5.71. The number of nitrogens with zero attached hydrogens (tertiary/aromatic N) is 2. The molecular weight excluding hydrogens is 281 g/mol. The van der Waals surface area contributed by atoms with Gasteiger partial charge in [-0.1, -0.05) is 0 Å². The SMILES string of the molecule is CN1CCN(S(=O)(=O)c2cc(N)ccc2F)CC1(C)C. The van der Waals surface area contributed by atoms with Crippen molar-refractivity contribution in [3.8, 4) is 0 Å². The number of anilines is 1. The van der Waals surface area contributed by atoms with Crippen molar-refractivity contribution in [3.63, 3.8) is 0 Å². The molecular formula is C13H20FN3O2S. The summed E-state index contributed by atoms with van der Waals surface area (Å²) in [5.74, 6) is -0.768. The number of piperazine rings is 1. The average molecular weight is 301 g/mol. The van der Waals surface area contributed by atoms with E-state index in [9.17, 15) is 12.8 Å². The molecule has 0 amide bonds. The number of nitrogen functional groups attached to an aromatic ring is 1. The van der Waals surface area contributed by atoms with Crippen LogP contribution in [0.25, 0.3) is 0 Å². The predicted molar refractivity (Wildman–Crippen MR) is 76.3 cm³/mol. The molecule has 0 unspecified atom stereocenters. The Balaban J connectivity index is 2.38. The van der Waals surface area contributed by atoms with Gasteiger partial charge in [-0.15, -0.1) is 0 Å². The maximum absolute atomic E-state index is 13.8. The number of nitrogens with two attached hydrogens (primary N) is 1. The number of halogens is 1. The molecule has 1 aromatic carbocycles. The Labute approximate surface area is 119 Å². The summed E-state index contributed by atoms with van der Waals surface area (Å²) >= 11 is 0. The van der Waals surface area contributed by atoms with E-state index in [0.29, 0.717) is 19.6 Å². The number of benzene rings is 1. The van der Waals surface area contributed by atoms with Crippen LogP contribution in [0, 0.1) is 5.82 Å². The molecule has 2 N–H and O–H groups in total. The molecule has 0 aliphatic carbocycles. The summed E-state index contributed by atoms with van der Waals surface area (Å²) in [4.78, 5) is 1.74. The Morgan fingerprint density at radius 2 is 1.95 bits per heavy atom. The summed E-state index contributed by atoms with van der Waals surface area (Å²) in [6, 6.07) is 3.61. The van der Waals surface area contributed by atoms with Crippen LogP contribution < -0.4 is 5.73 Å². The Hall–Kier alpha value is -1.18. The molecule has 1 saturated heterocycles. The Bertz CT molecular complexity index is 616. The van der Waals surface area contributed by atoms with Crippen molar-refractivity contribution in [2.45, 2.75) is 24.3 Å². The maximum Gasteiger partial charge on any atom is 0.246 e. The molecule has 20 heavy (non-hydrogen) atoms. The van der Waals surface area contributed by atoms with Gasteiger partial charge in [-0.05, 0) is 39.1 Å². The van der Waals surface area contributed by atoms with Crippen LogP contribution in [-0.2, 0) is 10.0 Å². The van der Waals surface area contributed by atoms with Gasteiger partial charge in [0.25, 0.3) is 0 Å². The first-order chi connectivity index (χ1) is 9.14. The summed E-state index contributed by atoms with van der Waals surface area (Å²) < 4.78 is 40.3. The van der Waals surface area contributed by atoms with Crippen molar-refractivity contribution in [1.29, 1.82) is 0 Å². The van der Waals surface area contributed by atoms with E-state index in [1.807, 2.05) is 20.9 Å². The number of sulfonamides is 1. The van der Waals surface area contributed by atoms with Crippen molar-refractivity contribution in [2.24, 2.45) is 0 Å². The second-order valence-electron chi connectivity index (χ2n) is 5.76. The van der Waals surface area contributed by atoms with E-state index in [2.05, 4.69) is 4.90 Å². The van der Waals surface area contributed by atoms with Gasteiger partial charge in [-0.25, -0.2) is 12.8 Å². The van der Waals surface area contributed by atoms with Gasteiger partial charge in [0.1, 0.15) is 10.7 Å². The van der Waals surface area contributed by atoms with Crippen molar-refractivity contribution in [3.05, 3.63) is 24.0 Å². The summed E-state index contributed by atoms with van der Waals surface area (Å²) in [5.41, 5.74) is 5.52. The maximum atomic E-state index is 13.8. The second-order valence-corrected chi connectivity index (χ2v) is 7.67. The van der Waals surface area contributed by atoms with Crippen LogP contribution in [-0.4, -0.2) is 49.8 Å². The third kappa shape index (κ3) is 2.65. The number of hydrogen-bond donors (Lipinski definition) is 1. The third-order valence-electron chi connectivity index (χ3n) is 3.85. The normalized spacial score (nSPS) is 21.0. The molecule has 1 heterocycles. The van der Waals surface area contributed by atoms with Crippen molar-refractivity contribution < 1.29 is 12.8 Å². The minimum Gasteiger partial charge on any atom is -0.399 e. The Morgan fingerprint density at radius 3 is 2.55 bits per heavy atom. The van der Waals surface area contributed by atoms with E-state index in [4.69, 9.17) is 5.73 Å². The zero-order chi connectivity index (χ0) is 15.1. The highest BCUT2D eigenvalue weighted by molar-refractivity contribution is 7.89. The minimum atomic E-state index is -3.86. The number of likely N-dealkylation sites (N-methyl/N-ethyl adjacent to an activating group) is 1. The topological polar surface area (TPSA) is 66.6 Å². The second kappa shape index (κ2) is 4.98. The highest BCUT2D eigenvalue weighted by Crippen LogP contribution is 2.27. The first-order valence-electron chi connectivity index (χ1n) is 6.41. The van der Waals surface area contributed by atoms with Crippen LogP contribution in [0.3, 0.4) is 0 Å². The summed E-state index contributed by atoms with van der Waals surface area (Å²) in [6.45, 7) is 5.20. The first kappa shape index (κ1) is 15.2.